The largest absolute Gasteiger partial charge is 0.444 e. The average molecular weight is 258 g/mol. The smallest absolute Gasteiger partial charge is 0.407 e. The van der Waals surface area contributed by atoms with E-state index in [1.54, 1.807) is 0 Å². The molecule has 3 N–H and O–H groups in total. The Balaban J connectivity index is 2.16. The van der Waals surface area contributed by atoms with E-state index in [-0.39, 0.29) is 12.1 Å². The van der Waals surface area contributed by atoms with Crippen molar-refractivity contribution in [2.24, 2.45) is 0 Å². The van der Waals surface area contributed by atoms with Crippen molar-refractivity contribution in [2.75, 3.05) is 19.7 Å². The van der Waals surface area contributed by atoms with Crippen LogP contribution >= 0.6 is 0 Å². The third-order valence-electron chi connectivity index (χ3n) is 3.16. The van der Waals surface area contributed by atoms with Gasteiger partial charge >= 0.3 is 6.09 Å². The molecule has 5 nitrogen and oxygen atoms in total. The lowest BCUT2D eigenvalue weighted by Gasteiger charge is -2.28. The van der Waals surface area contributed by atoms with Crippen LogP contribution < -0.4 is 10.6 Å². The minimum Gasteiger partial charge on any atom is -0.444 e. The first kappa shape index (κ1) is 15.2. The van der Waals surface area contributed by atoms with Crippen molar-refractivity contribution in [3.8, 4) is 0 Å². The summed E-state index contributed by atoms with van der Waals surface area (Å²) in [5.74, 6) is 0. The lowest BCUT2D eigenvalue weighted by atomic mass is 9.99. The predicted molar refractivity (Wildman–Crippen MR) is 70.5 cm³/mol. The SMILES string of the molecule is CC(C)(C)OC(=O)NCCNC1(CO)CCCC1. The lowest BCUT2D eigenvalue weighted by molar-refractivity contribution is 0.0526. The number of amides is 1. The Morgan fingerprint density at radius 2 is 1.89 bits per heavy atom. The molecule has 0 aromatic carbocycles. The highest BCUT2D eigenvalue weighted by Crippen LogP contribution is 2.28. The minimum absolute atomic E-state index is 0.129. The van der Waals surface area contributed by atoms with Crippen LogP contribution in [0.1, 0.15) is 46.5 Å². The Labute approximate surface area is 109 Å². The second-order valence-electron chi connectivity index (χ2n) is 6.00. The first-order valence-corrected chi connectivity index (χ1v) is 6.70. The number of aliphatic hydroxyl groups excluding tert-OH is 1. The van der Waals surface area contributed by atoms with Gasteiger partial charge in [-0.3, -0.25) is 0 Å². The normalized spacial score (nSPS) is 18.7. The Hall–Kier alpha value is -0.810. The number of carbonyl (C=O) groups is 1. The molecule has 0 atom stereocenters. The van der Waals surface area contributed by atoms with Crippen molar-refractivity contribution in [3.05, 3.63) is 0 Å². The molecule has 1 fully saturated rings. The summed E-state index contributed by atoms with van der Waals surface area (Å²) in [6.45, 7) is 6.84. The maximum absolute atomic E-state index is 11.4. The second-order valence-corrected chi connectivity index (χ2v) is 6.00. The van der Waals surface area contributed by atoms with E-state index in [1.807, 2.05) is 20.8 Å². The van der Waals surface area contributed by atoms with E-state index in [4.69, 9.17) is 4.74 Å². The molecule has 1 rings (SSSR count). The Morgan fingerprint density at radius 3 is 2.39 bits per heavy atom. The van der Waals surface area contributed by atoms with Crippen LogP contribution in [-0.2, 0) is 4.74 Å². The van der Waals surface area contributed by atoms with Gasteiger partial charge in [-0.05, 0) is 33.6 Å². The Kier molecular flexibility index (Phi) is 5.41. The Morgan fingerprint density at radius 1 is 1.28 bits per heavy atom. The molecule has 0 saturated heterocycles. The van der Waals surface area contributed by atoms with Gasteiger partial charge in [-0.2, -0.15) is 0 Å². The molecule has 1 aliphatic rings. The van der Waals surface area contributed by atoms with Gasteiger partial charge in [0, 0.05) is 18.6 Å². The zero-order valence-electron chi connectivity index (χ0n) is 11.7. The van der Waals surface area contributed by atoms with Gasteiger partial charge in [-0.15, -0.1) is 0 Å². The first-order valence-electron chi connectivity index (χ1n) is 6.70. The van der Waals surface area contributed by atoms with Crippen molar-refractivity contribution >= 4 is 6.09 Å². The fraction of sp³-hybridized carbons (Fsp3) is 0.923. The molecule has 0 aliphatic heterocycles. The summed E-state index contributed by atoms with van der Waals surface area (Å²) < 4.78 is 5.13. The molecule has 5 heteroatoms. The van der Waals surface area contributed by atoms with Crippen LogP contribution in [0.4, 0.5) is 4.79 Å². The number of rotatable bonds is 5. The third kappa shape index (κ3) is 5.23. The number of nitrogens with one attached hydrogen (secondary N) is 2. The summed E-state index contributed by atoms with van der Waals surface area (Å²) in [5, 5.41) is 15.4. The van der Waals surface area contributed by atoms with E-state index in [9.17, 15) is 9.90 Å². The third-order valence-corrected chi connectivity index (χ3v) is 3.16. The molecule has 106 valence electrons. The van der Waals surface area contributed by atoms with Crippen LogP contribution in [0.25, 0.3) is 0 Å². The van der Waals surface area contributed by atoms with Gasteiger partial charge in [0.05, 0.1) is 6.61 Å². The molecule has 1 amide bonds. The van der Waals surface area contributed by atoms with E-state index in [0.717, 1.165) is 25.7 Å². The van der Waals surface area contributed by atoms with E-state index in [2.05, 4.69) is 10.6 Å². The quantitative estimate of drug-likeness (QED) is 0.652. The number of hydrogen-bond acceptors (Lipinski definition) is 4. The molecule has 0 radical (unpaired) electrons. The van der Waals surface area contributed by atoms with Gasteiger partial charge in [0.1, 0.15) is 5.60 Å². The molecule has 18 heavy (non-hydrogen) atoms. The summed E-state index contributed by atoms with van der Waals surface area (Å²) >= 11 is 0. The van der Waals surface area contributed by atoms with Crippen LogP contribution in [-0.4, -0.2) is 42.0 Å². The second kappa shape index (κ2) is 6.38. The summed E-state index contributed by atoms with van der Waals surface area (Å²) in [6, 6.07) is 0. The number of hydrogen-bond donors (Lipinski definition) is 3. The zero-order valence-corrected chi connectivity index (χ0v) is 11.7. The van der Waals surface area contributed by atoms with Crippen LogP contribution in [0.3, 0.4) is 0 Å². The van der Waals surface area contributed by atoms with Crippen molar-refractivity contribution in [2.45, 2.75) is 57.6 Å². The van der Waals surface area contributed by atoms with E-state index in [0.29, 0.717) is 13.1 Å². The fourth-order valence-corrected chi connectivity index (χ4v) is 2.25. The highest BCUT2D eigenvalue weighted by molar-refractivity contribution is 5.67. The summed E-state index contributed by atoms with van der Waals surface area (Å²) in [7, 11) is 0. The van der Waals surface area contributed by atoms with Crippen LogP contribution in [0, 0.1) is 0 Å². The van der Waals surface area contributed by atoms with E-state index >= 15 is 0 Å². The number of ether oxygens (including phenoxy) is 1. The maximum Gasteiger partial charge on any atom is 0.407 e. The molecule has 0 unspecified atom stereocenters. The summed E-state index contributed by atoms with van der Waals surface area (Å²) in [5.41, 5.74) is -0.592. The van der Waals surface area contributed by atoms with E-state index < -0.39 is 11.7 Å². The molecule has 0 aromatic rings. The maximum atomic E-state index is 11.4. The number of aliphatic hydroxyl groups is 1. The van der Waals surface area contributed by atoms with Gasteiger partial charge in [0.2, 0.25) is 0 Å². The standard InChI is InChI=1S/C13H26N2O3/c1-12(2,3)18-11(17)14-8-9-15-13(10-16)6-4-5-7-13/h15-16H,4-10H2,1-3H3,(H,14,17). The number of carbonyl (C=O) groups excluding carboxylic acids is 1. The van der Waals surface area contributed by atoms with Crippen LogP contribution in [0.15, 0.2) is 0 Å². The van der Waals surface area contributed by atoms with Crippen LogP contribution in [0.2, 0.25) is 0 Å². The Bertz CT molecular complexity index is 268. The summed E-state index contributed by atoms with van der Waals surface area (Å²) in [4.78, 5) is 11.4. The van der Waals surface area contributed by atoms with Crippen molar-refractivity contribution in [1.82, 2.24) is 10.6 Å². The van der Waals surface area contributed by atoms with Crippen molar-refractivity contribution in [1.29, 1.82) is 0 Å². The molecule has 0 bridgehead atoms. The molecule has 0 heterocycles. The monoisotopic (exact) mass is 258 g/mol. The predicted octanol–water partition coefficient (Wildman–Crippen LogP) is 1.41. The molecule has 0 aromatic heterocycles. The van der Waals surface area contributed by atoms with Crippen LogP contribution in [0.5, 0.6) is 0 Å². The van der Waals surface area contributed by atoms with Gasteiger partial charge in [0.15, 0.2) is 0 Å². The molecular formula is C13H26N2O3. The molecule has 1 saturated carbocycles. The molecular weight excluding hydrogens is 232 g/mol. The van der Waals surface area contributed by atoms with Gasteiger partial charge in [-0.1, -0.05) is 12.8 Å². The molecule has 1 aliphatic carbocycles. The minimum atomic E-state index is -0.463. The lowest BCUT2D eigenvalue weighted by Crippen LogP contribution is -2.49. The fourth-order valence-electron chi connectivity index (χ4n) is 2.25. The molecule has 0 spiro atoms. The summed E-state index contributed by atoms with van der Waals surface area (Å²) in [6.07, 6.45) is 3.94. The van der Waals surface area contributed by atoms with Gasteiger partial charge in [0.25, 0.3) is 0 Å². The van der Waals surface area contributed by atoms with Crippen molar-refractivity contribution in [3.63, 3.8) is 0 Å². The average Bonchev–Trinajstić information content (AvgIpc) is 2.71. The first-order chi connectivity index (χ1) is 8.37. The van der Waals surface area contributed by atoms with E-state index in [1.165, 1.54) is 0 Å². The van der Waals surface area contributed by atoms with Gasteiger partial charge in [-0.25, -0.2) is 4.79 Å². The highest BCUT2D eigenvalue weighted by atomic mass is 16.6. The van der Waals surface area contributed by atoms with Gasteiger partial charge < -0.3 is 20.5 Å². The number of alkyl carbamates (subject to hydrolysis) is 1. The van der Waals surface area contributed by atoms with Crippen molar-refractivity contribution < 1.29 is 14.6 Å². The topological polar surface area (TPSA) is 70.6 Å². The highest BCUT2D eigenvalue weighted by Gasteiger charge is 2.32. The zero-order chi connectivity index (χ0) is 13.6.